The molecule has 6 nitrogen and oxygen atoms in total. The van der Waals surface area contributed by atoms with Crippen molar-refractivity contribution in [1.29, 1.82) is 0 Å². The van der Waals surface area contributed by atoms with E-state index >= 15 is 0 Å². The van der Waals surface area contributed by atoms with E-state index in [0.29, 0.717) is 11.1 Å². The average Bonchev–Trinajstić information content (AvgIpc) is 3.11. The van der Waals surface area contributed by atoms with Crippen LogP contribution >= 0.6 is 11.3 Å². The molecule has 2 aromatic carbocycles. The summed E-state index contributed by atoms with van der Waals surface area (Å²) in [5.74, 6) is -0.151. The highest BCUT2D eigenvalue weighted by atomic mass is 32.1. The number of rotatable bonds is 4. The molecule has 4 rings (SSSR count). The summed E-state index contributed by atoms with van der Waals surface area (Å²) in [6.45, 7) is 1.84. The summed E-state index contributed by atoms with van der Waals surface area (Å²) in [5, 5.41) is 8.85. The molecule has 0 bridgehead atoms. The van der Waals surface area contributed by atoms with Gasteiger partial charge in [-0.3, -0.25) is 4.79 Å². The molecule has 0 saturated carbocycles. The van der Waals surface area contributed by atoms with Crippen LogP contribution in [0.2, 0.25) is 0 Å². The summed E-state index contributed by atoms with van der Waals surface area (Å²) < 4.78 is 1.07. The van der Waals surface area contributed by atoms with E-state index in [2.05, 4.69) is 20.7 Å². The largest absolute Gasteiger partial charge is 0.356 e. The van der Waals surface area contributed by atoms with Gasteiger partial charge in [-0.15, -0.1) is 16.4 Å². The first kappa shape index (κ1) is 16.2. The number of nitrogens with one attached hydrogen (secondary N) is 1. The predicted molar refractivity (Wildman–Crippen MR) is 99.9 cm³/mol. The van der Waals surface area contributed by atoms with Gasteiger partial charge in [0, 0.05) is 5.56 Å². The third-order valence-electron chi connectivity index (χ3n) is 3.68. The first-order valence-corrected chi connectivity index (χ1v) is 8.75. The summed E-state index contributed by atoms with van der Waals surface area (Å²) in [4.78, 5) is 22.3. The molecular weight excluding hydrogens is 348 g/mol. The number of hydrogen-bond acceptors (Lipinski definition) is 6. The normalized spacial score (nSPS) is 10.7. The van der Waals surface area contributed by atoms with Crippen molar-refractivity contribution in [1.82, 2.24) is 20.7 Å². The smallest absolute Gasteiger partial charge is 0.283 e. The van der Waals surface area contributed by atoms with E-state index in [1.807, 2.05) is 43.3 Å². The van der Waals surface area contributed by atoms with Crippen LogP contribution in [0.5, 0.6) is 5.88 Å². The second-order valence-electron chi connectivity index (χ2n) is 5.59. The number of carbonyl (C=O) groups excluding carboxylic acids is 1. The molecule has 0 aliphatic rings. The molecule has 0 saturated heterocycles. The Kier molecular flexibility index (Phi) is 4.28. The second kappa shape index (κ2) is 6.89. The van der Waals surface area contributed by atoms with Crippen LogP contribution < -0.4 is 10.3 Å². The molecule has 2 heterocycles. The molecular formula is C19H14N4O2S. The highest BCUT2D eigenvalue weighted by Gasteiger charge is 2.16. The maximum atomic E-state index is 12.2. The van der Waals surface area contributed by atoms with Crippen molar-refractivity contribution in [2.24, 2.45) is 0 Å². The first-order valence-electron chi connectivity index (χ1n) is 7.93. The van der Waals surface area contributed by atoms with Crippen molar-refractivity contribution < 1.29 is 9.63 Å². The molecule has 0 spiro atoms. The number of carbonyl (C=O) groups is 1. The van der Waals surface area contributed by atoms with Gasteiger partial charge in [0.15, 0.2) is 0 Å². The second-order valence-corrected chi connectivity index (χ2v) is 6.62. The van der Waals surface area contributed by atoms with Crippen molar-refractivity contribution in [2.75, 3.05) is 0 Å². The number of para-hydroxylation sites is 1. The zero-order chi connectivity index (χ0) is 17.9. The number of hydrogen-bond donors (Lipinski definition) is 1. The summed E-state index contributed by atoms with van der Waals surface area (Å²) in [6.07, 6.45) is 0. The summed E-state index contributed by atoms with van der Waals surface area (Å²) in [6, 6.07) is 18.5. The molecule has 0 atom stereocenters. The summed E-state index contributed by atoms with van der Waals surface area (Å²) in [7, 11) is 0. The van der Waals surface area contributed by atoms with Gasteiger partial charge >= 0.3 is 0 Å². The minimum absolute atomic E-state index is 0.207. The molecule has 1 N–H and O–H groups in total. The Bertz CT molecular complexity index is 1050. The van der Waals surface area contributed by atoms with Gasteiger partial charge in [-0.25, -0.2) is 4.98 Å². The molecule has 128 valence electrons. The van der Waals surface area contributed by atoms with Crippen LogP contribution in [0, 0.1) is 6.92 Å². The number of hydroxylamine groups is 1. The summed E-state index contributed by atoms with van der Waals surface area (Å²) >= 11 is 1.53. The Balaban J connectivity index is 1.63. The van der Waals surface area contributed by atoms with Crippen LogP contribution in [0.15, 0.2) is 60.7 Å². The van der Waals surface area contributed by atoms with Gasteiger partial charge in [0.25, 0.3) is 11.8 Å². The van der Waals surface area contributed by atoms with Gasteiger partial charge in [0.2, 0.25) is 0 Å². The van der Waals surface area contributed by atoms with Gasteiger partial charge in [0.05, 0.1) is 21.5 Å². The topological polar surface area (TPSA) is 77.0 Å². The maximum absolute atomic E-state index is 12.2. The van der Waals surface area contributed by atoms with E-state index in [1.54, 1.807) is 24.3 Å². The van der Waals surface area contributed by atoms with E-state index in [1.165, 1.54) is 11.3 Å². The van der Waals surface area contributed by atoms with Gasteiger partial charge in [-0.1, -0.05) is 30.3 Å². The zero-order valence-corrected chi connectivity index (χ0v) is 14.7. The predicted octanol–water partition coefficient (Wildman–Crippen LogP) is 3.79. The van der Waals surface area contributed by atoms with Gasteiger partial charge in [-0.05, 0) is 37.3 Å². The zero-order valence-electron chi connectivity index (χ0n) is 13.8. The van der Waals surface area contributed by atoms with Crippen LogP contribution in [0.4, 0.5) is 0 Å². The maximum Gasteiger partial charge on any atom is 0.283 e. The highest BCUT2D eigenvalue weighted by Crippen LogP contribution is 2.34. The van der Waals surface area contributed by atoms with Crippen LogP contribution in [-0.2, 0) is 0 Å². The summed E-state index contributed by atoms with van der Waals surface area (Å²) in [5.41, 5.74) is 5.24. The molecule has 1 amide bonds. The minimum Gasteiger partial charge on any atom is -0.356 e. The Labute approximate surface area is 153 Å². The molecule has 0 aliphatic heterocycles. The Morgan fingerprint density at radius 2 is 1.81 bits per heavy atom. The third kappa shape index (κ3) is 3.25. The molecule has 0 unspecified atom stereocenters. The van der Waals surface area contributed by atoms with Crippen LogP contribution in [0.3, 0.4) is 0 Å². The SMILES string of the molecule is Cc1cc(-c2nc3ccccc3s2)c(ONC(=O)c2ccccc2)nn1. The quantitative estimate of drug-likeness (QED) is 0.559. The number of thiazole rings is 1. The lowest BCUT2D eigenvalue weighted by atomic mass is 10.2. The Hall–Kier alpha value is -3.32. The molecule has 4 aromatic rings. The minimum atomic E-state index is -0.358. The Morgan fingerprint density at radius 3 is 2.62 bits per heavy atom. The molecule has 0 fully saturated rings. The van der Waals surface area contributed by atoms with E-state index in [-0.39, 0.29) is 11.8 Å². The van der Waals surface area contributed by atoms with Crippen LogP contribution in [-0.4, -0.2) is 21.1 Å². The number of fused-ring (bicyclic) bond motifs is 1. The lowest BCUT2D eigenvalue weighted by Crippen LogP contribution is -2.27. The van der Waals surface area contributed by atoms with Gasteiger partial charge in [-0.2, -0.15) is 10.6 Å². The third-order valence-corrected chi connectivity index (χ3v) is 4.75. The molecule has 0 radical (unpaired) electrons. The van der Waals surface area contributed by atoms with Crippen molar-refractivity contribution >= 4 is 27.5 Å². The Morgan fingerprint density at radius 1 is 1.04 bits per heavy atom. The number of amides is 1. The lowest BCUT2D eigenvalue weighted by Gasteiger charge is -2.09. The fourth-order valence-corrected chi connectivity index (χ4v) is 3.41. The molecule has 2 aromatic heterocycles. The standard InChI is InChI=1S/C19H14N4O2S/c1-12-11-14(19-20-15-9-5-6-10-16(15)26-19)18(22-21-12)25-23-17(24)13-7-3-2-4-8-13/h2-11H,1H3,(H,23,24). The van der Waals surface area contributed by atoms with Crippen molar-refractivity contribution in [3.05, 3.63) is 71.9 Å². The first-order chi connectivity index (χ1) is 12.7. The van der Waals surface area contributed by atoms with Crippen molar-refractivity contribution in [2.45, 2.75) is 6.92 Å². The van der Waals surface area contributed by atoms with E-state index in [9.17, 15) is 4.79 Å². The fourth-order valence-electron chi connectivity index (χ4n) is 2.44. The monoisotopic (exact) mass is 362 g/mol. The van der Waals surface area contributed by atoms with Crippen molar-refractivity contribution in [3.63, 3.8) is 0 Å². The molecule has 0 aliphatic carbocycles. The number of nitrogens with zero attached hydrogens (tertiary/aromatic N) is 3. The average molecular weight is 362 g/mol. The van der Waals surface area contributed by atoms with E-state index in [0.717, 1.165) is 20.9 Å². The number of benzene rings is 2. The van der Waals surface area contributed by atoms with Crippen LogP contribution in [0.1, 0.15) is 16.1 Å². The van der Waals surface area contributed by atoms with Gasteiger partial charge in [0.1, 0.15) is 5.01 Å². The number of aromatic nitrogens is 3. The van der Waals surface area contributed by atoms with Gasteiger partial charge < -0.3 is 4.84 Å². The van der Waals surface area contributed by atoms with E-state index in [4.69, 9.17) is 4.84 Å². The number of aryl methyl sites for hydroxylation is 1. The van der Waals surface area contributed by atoms with Crippen LogP contribution in [0.25, 0.3) is 20.8 Å². The molecule has 7 heteroatoms. The van der Waals surface area contributed by atoms with Crippen molar-refractivity contribution in [3.8, 4) is 16.5 Å². The fraction of sp³-hybridized carbons (Fsp3) is 0.0526. The van der Waals surface area contributed by atoms with E-state index < -0.39 is 0 Å². The lowest BCUT2D eigenvalue weighted by molar-refractivity contribution is 0.0749. The molecule has 26 heavy (non-hydrogen) atoms. The highest BCUT2D eigenvalue weighted by molar-refractivity contribution is 7.21.